The minimum absolute atomic E-state index is 0.103. The molecule has 0 aromatic carbocycles. The standard InChI is InChI=1S/C27H23N9O/c1-36(2)15-24(37)32-19-9-17(12-29-14-19)18-10-21-26(34-35-27(21)31-13-18)23-11-20-22(33-23)5-8-30-25(20)16-3-6-28-7-4-16/h3-14,33H,15H2,1-2H3,(H,32,37)(H,31,34,35). The molecule has 0 bridgehead atoms. The number of fused-ring (bicyclic) bond motifs is 2. The molecule has 0 unspecified atom stereocenters. The molecule has 0 aliphatic carbocycles. The second-order valence-electron chi connectivity index (χ2n) is 8.98. The largest absolute Gasteiger partial charge is 0.353 e. The van der Waals surface area contributed by atoms with Gasteiger partial charge in [-0.25, -0.2) is 4.98 Å². The van der Waals surface area contributed by atoms with Crippen LogP contribution in [-0.2, 0) is 4.79 Å². The van der Waals surface area contributed by atoms with Gasteiger partial charge < -0.3 is 15.2 Å². The summed E-state index contributed by atoms with van der Waals surface area (Å²) in [6.45, 7) is 0.291. The van der Waals surface area contributed by atoms with E-state index in [9.17, 15) is 4.79 Å². The number of aromatic nitrogens is 7. The number of anilines is 1. The number of aromatic amines is 2. The van der Waals surface area contributed by atoms with Crippen molar-refractivity contribution in [2.24, 2.45) is 0 Å². The number of nitrogens with one attached hydrogen (secondary N) is 3. The number of hydrogen-bond acceptors (Lipinski definition) is 7. The van der Waals surface area contributed by atoms with Gasteiger partial charge in [-0.15, -0.1) is 0 Å². The average Bonchev–Trinajstić information content (AvgIpc) is 3.52. The van der Waals surface area contributed by atoms with E-state index < -0.39 is 0 Å². The average molecular weight is 490 g/mol. The normalized spacial score (nSPS) is 11.4. The van der Waals surface area contributed by atoms with Gasteiger partial charge >= 0.3 is 0 Å². The lowest BCUT2D eigenvalue weighted by atomic mass is 10.1. The van der Waals surface area contributed by atoms with E-state index in [1.54, 1.807) is 37.2 Å². The van der Waals surface area contributed by atoms with Crippen molar-refractivity contribution >= 4 is 33.5 Å². The highest BCUT2D eigenvalue weighted by Gasteiger charge is 2.15. The van der Waals surface area contributed by atoms with Gasteiger partial charge in [-0.2, -0.15) is 5.10 Å². The third kappa shape index (κ3) is 4.41. The number of H-pyrrole nitrogens is 2. The minimum Gasteiger partial charge on any atom is -0.353 e. The molecular weight excluding hydrogens is 466 g/mol. The van der Waals surface area contributed by atoms with Gasteiger partial charge in [0.2, 0.25) is 5.91 Å². The summed E-state index contributed by atoms with van der Waals surface area (Å²) < 4.78 is 0. The number of pyridine rings is 4. The highest BCUT2D eigenvalue weighted by atomic mass is 16.2. The van der Waals surface area contributed by atoms with Crippen molar-refractivity contribution in [3.05, 3.63) is 73.6 Å². The van der Waals surface area contributed by atoms with E-state index in [0.29, 0.717) is 17.9 Å². The molecule has 3 N–H and O–H groups in total. The first kappa shape index (κ1) is 22.5. The fourth-order valence-electron chi connectivity index (χ4n) is 4.35. The molecule has 6 aromatic rings. The van der Waals surface area contributed by atoms with Gasteiger partial charge in [0, 0.05) is 64.0 Å². The van der Waals surface area contributed by atoms with Crippen molar-refractivity contribution < 1.29 is 4.79 Å². The highest BCUT2D eigenvalue weighted by molar-refractivity contribution is 6.00. The summed E-state index contributed by atoms with van der Waals surface area (Å²) in [6, 6.07) is 11.8. The number of carbonyl (C=O) groups is 1. The first-order chi connectivity index (χ1) is 18.0. The summed E-state index contributed by atoms with van der Waals surface area (Å²) in [6.07, 6.45) is 10.4. The van der Waals surface area contributed by atoms with Crippen molar-refractivity contribution in [3.63, 3.8) is 0 Å². The number of rotatable bonds is 6. The molecule has 0 atom stereocenters. The zero-order chi connectivity index (χ0) is 25.4. The lowest BCUT2D eigenvalue weighted by molar-refractivity contribution is -0.116. The van der Waals surface area contributed by atoms with E-state index in [-0.39, 0.29) is 5.91 Å². The molecule has 0 aliphatic heterocycles. The molecule has 37 heavy (non-hydrogen) atoms. The maximum absolute atomic E-state index is 12.2. The highest BCUT2D eigenvalue weighted by Crippen LogP contribution is 2.33. The first-order valence-corrected chi connectivity index (χ1v) is 11.7. The van der Waals surface area contributed by atoms with Crippen LogP contribution in [0.4, 0.5) is 5.69 Å². The molecule has 182 valence electrons. The summed E-state index contributed by atoms with van der Waals surface area (Å²) in [5, 5.41) is 12.3. The number of carbonyl (C=O) groups excluding carboxylic acids is 1. The van der Waals surface area contributed by atoms with Crippen LogP contribution in [0, 0.1) is 0 Å². The molecule has 0 saturated heterocycles. The summed E-state index contributed by atoms with van der Waals surface area (Å²) in [4.78, 5) is 35.1. The molecule has 6 rings (SSSR count). The lowest BCUT2D eigenvalue weighted by Crippen LogP contribution is -2.27. The Morgan fingerprint density at radius 3 is 2.57 bits per heavy atom. The predicted octanol–water partition coefficient (Wildman–Crippen LogP) is 4.13. The van der Waals surface area contributed by atoms with Crippen LogP contribution in [0.3, 0.4) is 0 Å². The Kier molecular flexibility index (Phi) is 5.62. The van der Waals surface area contributed by atoms with Crippen molar-refractivity contribution in [2.45, 2.75) is 0 Å². The predicted molar refractivity (Wildman–Crippen MR) is 143 cm³/mol. The molecule has 0 spiro atoms. The Morgan fingerprint density at radius 2 is 1.73 bits per heavy atom. The summed E-state index contributed by atoms with van der Waals surface area (Å²) in [5.74, 6) is -0.103. The van der Waals surface area contributed by atoms with E-state index in [0.717, 1.165) is 50.1 Å². The molecule has 6 aromatic heterocycles. The summed E-state index contributed by atoms with van der Waals surface area (Å²) in [5.41, 5.74) is 7.48. The fraction of sp³-hybridized carbons (Fsp3) is 0.111. The van der Waals surface area contributed by atoms with E-state index in [1.807, 2.05) is 49.3 Å². The zero-order valence-electron chi connectivity index (χ0n) is 20.2. The van der Waals surface area contributed by atoms with Gasteiger partial charge in [-0.3, -0.25) is 24.8 Å². The van der Waals surface area contributed by atoms with E-state index in [1.165, 1.54) is 0 Å². The molecule has 6 heterocycles. The fourth-order valence-corrected chi connectivity index (χ4v) is 4.35. The molecule has 0 fully saturated rings. The van der Waals surface area contributed by atoms with Crippen LogP contribution in [0.2, 0.25) is 0 Å². The van der Waals surface area contributed by atoms with Crippen LogP contribution in [0.15, 0.2) is 73.6 Å². The topological polar surface area (TPSA) is 128 Å². The molecule has 0 aliphatic rings. The Hall–Kier alpha value is -4.96. The Balaban J connectivity index is 1.38. The number of hydrogen-bond donors (Lipinski definition) is 3. The maximum atomic E-state index is 12.2. The third-order valence-electron chi connectivity index (χ3n) is 6.00. The maximum Gasteiger partial charge on any atom is 0.238 e. The SMILES string of the molecule is CN(C)CC(=O)Nc1cncc(-c2cnc3n[nH]c(-c4cc5c(-c6ccncc6)nccc5[nH]4)c3c2)c1. The van der Waals surface area contributed by atoms with Gasteiger partial charge in [0.15, 0.2) is 5.65 Å². The molecule has 0 saturated carbocycles. The van der Waals surface area contributed by atoms with Crippen molar-refractivity contribution in [2.75, 3.05) is 26.0 Å². The first-order valence-electron chi connectivity index (χ1n) is 11.7. The van der Waals surface area contributed by atoms with E-state index in [2.05, 4.69) is 46.5 Å². The van der Waals surface area contributed by atoms with Gasteiger partial charge in [-0.05, 0) is 50.5 Å². The van der Waals surface area contributed by atoms with Crippen LogP contribution in [0.5, 0.6) is 0 Å². The van der Waals surface area contributed by atoms with E-state index in [4.69, 9.17) is 0 Å². The number of likely N-dealkylation sites (N-methyl/N-ethyl adjacent to an activating group) is 1. The van der Waals surface area contributed by atoms with Gasteiger partial charge in [0.05, 0.1) is 35.5 Å². The van der Waals surface area contributed by atoms with Crippen LogP contribution in [-0.4, -0.2) is 66.6 Å². The van der Waals surface area contributed by atoms with Crippen molar-refractivity contribution in [3.8, 4) is 33.8 Å². The molecule has 10 nitrogen and oxygen atoms in total. The van der Waals surface area contributed by atoms with Gasteiger partial charge in [0.25, 0.3) is 0 Å². The zero-order valence-corrected chi connectivity index (χ0v) is 20.2. The monoisotopic (exact) mass is 489 g/mol. The van der Waals surface area contributed by atoms with Gasteiger partial charge in [-0.1, -0.05) is 0 Å². The second kappa shape index (κ2) is 9.25. The number of nitrogens with zero attached hydrogens (tertiary/aromatic N) is 6. The Bertz CT molecular complexity index is 1740. The van der Waals surface area contributed by atoms with E-state index >= 15 is 0 Å². The van der Waals surface area contributed by atoms with Crippen molar-refractivity contribution in [1.82, 2.24) is 40.0 Å². The quantitative estimate of drug-likeness (QED) is 0.321. The Morgan fingerprint density at radius 1 is 0.892 bits per heavy atom. The second-order valence-corrected chi connectivity index (χ2v) is 8.98. The third-order valence-corrected chi connectivity index (χ3v) is 6.00. The smallest absolute Gasteiger partial charge is 0.238 e. The number of amides is 1. The van der Waals surface area contributed by atoms with Crippen molar-refractivity contribution in [1.29, 1.82) is 0 Å². The van der Waals surface area contributed by atoms with Gasteiger partial charge in [0.1, 0.15) is 0 Å². The molecule has 1 amide bonds. The van der Waals surface area contributed by atoms with Crippen LogP contribution < -0.4 is 5.32 Å². The molecule has 10 heteroatoms. The Labute approximate surface area is 211 Å². The summed E-state index contributed by atoms with van der Waals surface area (Å²) >= 11 is 0. The van der Waals surface area contributed by atoms with Crippen LogP contribution in [0.25, 0.3) is 55.7 Å². The summed E-state index contributed by atoms with van der Waals surface area (Å²) in [7, 11) is 3.70. The lowest BCUT2D eigenvalue weighted by Gasteiger charge is -2.10. The van der Waals surface area contributed by atoms with Crippen LogP contribution >= 0.6 is 0 Å². The minimum atomic E-state index is -0.103. The van der Waals surface area contributed by atoms with Crippen LogP contribution in [0.1, 0.15) is 0 Å². The molecular formula is C27H23N9O. The molecule has 0 radical (unpaired) electrons.